The van der Waals surface area contributed by atoms with E-state index in [0.29, 0.717) is 24.7 Å². The molecule has 1 unspecified atom stereocenters. The molecule has 0 N–H and O–H groups in total. The first-order valence-corrected chi connectivity index (χ1v) is 10.3. The molecule has 7 heteroatoms. The molecule has 2 fully saturated rings. The Labute approximate surface area is 175 Å². The van der Waals surface area contributed by atoms with Crippen molar-refractivity contribution in [3.05, 3.63) is 60.0 Å². The van der Waals surface area contributed by atoms with E-state index < -0.39 is 0 Å². The summed E-state index contributed by atoms with van der Waals surface area (Å²) in [5.41, 5.74) is 4.15. The van der Waals surface area contributed by atoms with Gasteiger partial charge in [-0.2, -0.15) is 4.98 Å². The largest absolute Gasteiger partial charge is 0.378 e. The predicted molar refractivity (Wildman–Crippen MR) is 114 cm³/mol. The fourth-order valence-corrected chi connectivity index (χ4v) is 4.01. The van der Waals surface area contributed by atoms with Crippen molar-refractivity contribution >= 4 is 17.3 Å². The number of carbonyl (C=O) groups excluding carboxylic acids is 1. The number of morpholine rings is 1. The fourth-order valence-electron chi connectivity index (χ4n) is 4.01. The summed E-state index contributed by atoms with van der Waals surface area (Å²) in [6, 6.07) is 16.2. The molecule has 0 aliphatic carbocycles. The van der Waals surface area contributed by atoms with Crippen LogP contribution in [0.15, 0.2) is 53.1 Å². The highest BCUT2D eigenvalue weighted by molar-refractivity contribution is 5.96. The molecular formula is C23H24N4O3. The van der Waals surface area contributed by atoms with Gasteiger partial charge in [0.05, 0.1) is 19.1 Å². The first kappa shape index (κ1) is 18.8. The number of aryl methyl sites for hydroxylation is 1. The molecule has 0 radical (unpaired) electrons. The Morgan fingerprint density at radius 2 is 1.67 bits per heavy atom. The maximum atomic E-state index is 12.5. The van der Waals surface area contributed by atoms with Crippen LogP contribution in [0.2, 0.25) is 0 Å². The number of aromatic nitrogens is 2. The number of anilines is 2. The van der Waals surface area contributed by atoms with Crippen LogP contribution in [0.3, 0.4) is 0 Å². The van der Waals surface area contributed by atoms with Gasteiger partial charge in [0.1, 0.15) is 0 Å². The van der Waals surface area contributed by atoms with E-state index in [2.05, 4.69) is 27.2 Å². The summed E-state index contributed by atoms with van der Waals surface area (Å²) in [5.74, 6) is 1.07. The summed E-state index contributed by atoms with van der Waals surface area (Å²) in [5, 5.41) is 4.16. The zero-order chi connectivity index (χ0) is 20.5. The van der Waals surface area contributed by atoms with Crippen LogP contribution in [0.4, 0.5) is 11.4 Å². The highest BCUT2D eigenvalue weighted by Crippen LogP contribution is 2.32. The molecule has 0 spiro atoms. The molecule has 0 bridgehead atoms. The lowest BCUT2D eigenvalue weighted by atomic mass is 10.1. The first-order valence-electron chi connectivity index (χ1n) is 10.3. The van der Waals surface area contributed by atoms with Gasteiger partial charge in [-0.3, -0.25) is 4.79 Å². The minimum Gasteiger partial charge on any atom is -0.378 e. The van der Waals surface area contributed by atoms with Gasteiger partial charge in [-0.15, -0.1) is 0 Å². The van der Waals surface area contributed by atoms with Gasteiger partial charge >= 0.3 is 0 Å². The number of nitrogens with zero attached hydrogens (tertiary/aromatic N) is 4. The summed E-state index contributed by atoms with van der Waals surface area (Å²) < 4.78 is 10.9. The molecule has 30 heavy (non-hydrogen) atoms. The zero-order valence-corrected chi connectivity index (χ0v) is 17.0. The van der Waals surface area contributed by atoms with Gasteiger partial charge in [0, 0.05) is 43.0 Å². The second-order valence-corrected chi connectivity index (χ2v) is 7.84. The van der Waals surface area contributed by atoms with Crippen molar-refractivity contribution in [2.45, 2.75) is 19.3 Å². The number of amides is 1. The van der Waals surface area contributed by atoms with Gasteiger partial charge in [0.25, 0.3) is 0 Å². The van der Waals surface area contributed by atoms with Crippen LogP contribution in [-0.4, -0.2) is 48.9 Å². The molecule has 2 aromatic carbocycles. The SMILES string of the molecule is Cc1ccc(N2CC(c3nc(-c4ccc(N5CCOCC5)cc4)no3)CC2=O)cc1. The third-order valence-corrected chi connectivity index (χ3v) is 5.76. The smallest absolute Gasteiger partial charge is 0.232 e. The van der Waals surface area contributed by atoms with Gasteiger partial charge in [-0.25, -0.2) is 0 Å². The number of ether oxygens (including phenoxy) is 1. The highest BCUT2D eigenvalue weighted by atomic mass is 16.5. The van der Waals surface area contributed by atoms with Crippen LogP contribution in [0.5, 0.6) is 0 Å². The monoisotopic (exact) mass is 404 g/mol. The molecule has 2 saturated heterocycles. The van der Waals surface area contributed by atoms with E-state index in [4.69, 9.17) is 9.26 Å². The summed E-state index contributed by atoms with van der Waals surface area (Å²) >= 11 is 0. The molecule has 3 aromatic rings. The molecule has 1 atom stereocenters. The second-order valence-electron chi connectivity index (χ2n) is 7.84. The predicted octanol–water partition coefficient (Wildman–Crippen LogP) is 3.40. The molecule has 2 aliphatic heterocycles. The molecule has 0 saturated carbocycles. The topological polar surface area (TPSA) is 71.7 Å². The minimum absolute atomic E-state index is 0.0819. The number of carbonyl (C=O) groups is 1. The van der Waals surface area contributed by atoms with E-state index in [1.54, 1.807) is 4.90 Å². The third kappa shape index (κ3) is 3.68. The second kappa shape index (κ2) is 7.91. The summed E-state index contributed by atoms with van der Waals surface area (Å²) in [6.45, 7) is 5.91. The Morgan fingerprint density at radius 1 is 0.967 bits per heavy atom. The van der Waals surface area contributed by atoms with Crippen molar-refractivity contribution in [2.24, 2.45) is 0 Å². The van der Waals surface area contributed by atoms with Crippen molar-refractivity contribution in [1.29, 1.82) is 0 Å². The van der Waals surface area contributed by atoms with Gasteiger partial charge in [-0.1, -0.05) is 22.9 Å². The van der Waals surface area contributed by atoms with E-state index in [9.17, 15) is 4.79 Å². The summed E-state index contributed by atoms with van der Waals surface area (Å²) in [7, 11) is 0. The van der Waals surface area contributed by atoms with Crippen LogP contribution in [0, 0.1) is 6.92 Å². The van der Waals surface area contributed by atoms with Crippen LogP contribution in [0.1, 0.15) is 23.8 Å². The molecule has 2 aliphatic rings. The average molecular weight is 404 g/mol. The van der Waals surface area contributed by atoms with E-state index >= 15 is 0 Å². The minimum atomic E-state index is -0.0901. The van der Waals surface area contributed by atoms with Crippen LogP contribution in [-0.2, 0) is 9.53 Å². The summed E-state index contributed by atoms with van der Waals surface area (Å²) in [6.07, 6.45) is 0.380. The van der Waals surface area contributed by atoms with Crippen molar-refractivity contribution < 1.29 is 14.1 Å². The molecule has 7 nitrogen and oxygen atoms in total. The maximum absolute atomic E-state index is 12.5. The lowest BCUT2D eigenvalue weighted by Crippen LogP contribution is -2.36. The number of rotatable bonds is 4. The van der Waals surface area contributed by atoms with Crippen molar-refractivity contribution in [1.82, 2.24) is 10.1 Å². The fraction of sp³-hybridized carbons (Fsp3) is 0.348. The molecule has 3 heterocycles. The normalized spacial score (nSPS) is 19.5. The molecule has 154 valence electrons. The number of benzene rings is 2. The quantitative estimate of drug-likeness (QED) is 0.664. The van der Waals surface area contributed by atoms with E-state index in [1.165, 1.54) is 11.3 Å². The van der Waals surface area contributed by atoms with Crippen LogP contribution >= 0.6 is 0 Å². The van der Waals surface area contributed by atoms with E-state index in [0.717, 1.165) is 37.6 Å². The van der Waals surface area contributed by atoms with Crippen molar-refractivity contribution in [2.75, 3.05) is 42.6 Å². The Bertz CT molecular complexity index is 1020. The van der Waals surface area contributed by atoms with E-state index in [-0.39, 0.29) is 11.8 Å². The zero-order valence-electron chi connectivity index (χ0n) is 17.0. The Balaban J connectivity index is 1.29. The van der Waals surface area contributed by atoms with E-state index in [1.807, 2.05) is 43.3 Å². The van der Waals surface area contributed by atoms with Gasteiger partial charge in [-0.05, 0) is 43.3 Å². The van der Waals surface area contributed by atoms with Gasteiger partial charge in [0.15, 0.2) is 0 Å². The molecule has 1 amide bonds. The Morgan fingerprint density at radius 3 is 2.40 bits per heavy atom. The standard InChI is InChI=1S/C23H24N4O3/c1-16-2-6-20(7-3-16)27-15-18(14-21(27)28)23-24-22(25-30-23)17-4-8-19(9-5-17)26-10-12-29-13-11-26/h2-9,18H,10-15H2,1H3. The van der Waals surface area contributed by atoms with Gasteiger partial charge in [0.2, 0.25) is 17.6 Å². The number of hydrogen-bond acceptors (Lipinski definition) is 6. The third-order valence-electron chi connectivity index (χ3n) is 5.76. The van der Waals surface area contributed by atoms with Crippen LogP contribution in [0.25, 0.3) is 11.4 Å². The maximum Gasteiger partial charge on any atom is 0.232 e. The number of hydrogen-bond donors (Lipinski definition) is 0. The van der Waals surface area contributed by atoms with Crippen molar-refractivity contribution in [3.63, 3.8) is 0 Å². The Hall–Kier alpha value is -3.19. The molecule has 1 aromatic heterocycles. The van der Waals surface area contributed by atoms with Gasteiger partial charge < -0.3 is 19.1 Å². The lowest BCUT2D eigenvalue weighted by molar-refractivity contribution is -0.117. The lowest BCUT2D eigenvalue weighted by Gasteiger charge is -2.28. The average Bonchev–Trinajstić information content (AvgIpc) is 3.42. The summed E-state index contributed by atoms with van der Waals surface area (Å²) in [4.78, 5) is 21.2. The Kier molecular flexibility index (Phi) is 4.96. The van der Waals surface area contributed by atoms with Crippen molar-refractivity contribution in [3.8, 4) is 11.4 Å². The first-order chi connectivity index (χ1) is 14.7. The highest BCUT2D eigenvalue weighted by Gasteiger charge is 2.35. The molecular weight excluding hydrogens is 380 g/mol. The van der Waals surface area contributed by atoms with Crippen LogP contribution < -0.4 is 9.80 Å². The molecule has 5 rings (SSSR count).